The standard InChI is InChI=1S/C14H7Br2Cl2FN2/c15-7-1-2-9(18)12(3-7)21-13-5-10(19)8(16)4-11(13)20-14(21)6-17/h1-5H,6H2. The molecule has 21 heavy (non-hydrogen) atoms. The van der Waals surface area contributed by atoms with Crippen LogP contribution in [0.1, 0.15) is 5.82 Å². The fraction of sp³-hybridized carbons (Fsp3) is 0.0714. The van der Waals surface area contributed by atoms with Crippen molar-refractivity contribution in [2.45, 2.75) is 5.88 Å². The normalized spacial score (nSPS) is 11.3. The SMILES string of the molecule is Fc1cc2c(cc1Br)nc(CCl)n2-c1cc(Br)ccc1Cl. The molecule has 7 heteroatoms. The summed E-state index contributed by atoms with van der Waals surface area (Å²) >= 11 is 18.8. The van der Waals surface area contributed by atoms with Crippen LogP contribution in [-0.2, 0) is 5.88 Å². The molecule has 0 aliphatic heterocycles. The van der Waals surface area contributed by atoms with Crippen LogP contribution in [-0.4, -0.2) is 9.55 Å². The molecule has 0 unspecified atom stereocenters. The van der Waals surface area contributed by atoms with E-state index in [1.54, 1.807) is 16.7 Å². The van der Waals surface area contributed by atoms with E-state index in [1.165, 1.54) is 6.07 Å². The van der Waals surface area contributed by atoms with Crippen molar-refractivity contribution in [1.29, 1.82) is 0 Å². The van der Waals surface area contributed by atoms with Gasteiger partial charge >= 0.3 is 0 Å². The maximum absolute atomic E-state index is 13.9. The van der Waals surface area contributed by atoms with Gasteiger partial charge in [0.05, 0.1) is 32.1 Å². The molecule has 108 valence electrons. The zero-order valence-electron chi connectivity index (χ0n) is 10.4. The molecule has 3 aromatic rings. The zero-order valence-corrected chi connectivity index (χ0v) is 15.1. The molecule has 1 heterocycles. The van der Waals surface area contributed by atoms with Gasteiger partial charge in [0.15, 0.2) is 0 Å². The Kier molecular flexibility index (Phi) is 4.28. The van der Waals surface area contributed by atoms with Crippen LogP contribution < -0.4 is 0 Å². The molecule has 1 aromatic heterocycles. The molecule has 0 saturated heterocycles. The molecule has 0 atom stereocenters. The van der Waals surface area contributed by atoms with E-state index < -0.39 is 0 Å². The summed E-state index contributed by atoms with van der Waals surface area (Å²) in [7, 11) is 0. The highest BCUT2D eigenvalue weighted by atomic mass is 79.9. The maximum atomic E-state index is 13.9. The molecular formula is C14H7Br2Cl2FN2. The smallest absolute Gasteiger partial charge is 0.139 e. The molecule has 0 saturated carbocycles. The van der Waals surface area contributed by atoms with Gasteiger partial charge < -0.3 is 0 Å². The van der Waals surface area contributed by atoms with Crippen molar-refractivity contribution in [3.05, 3.63) is 55.9 Å². The van der Waals surface area contributed by atoms with Crippen molar-refractivity contribution in [3.8, 4) is 5.69 Å². The average molecular weight is 453 g/mol. The van der Waals surface area contributed by atoms with E-state index in [4.69, 9.17) is 23.2 Å². The van der Waals surface area contributed by atoms with Crippen LogP contribution in [0.3, 0.4) is 0 Å². The Labute approximate surface area is 147 Å². The summed E-state index contributed by atoms with van der Waals surface area (Å²) in [6.45, 7) is 0. The second kappa shape index (κ2) is 5.88. The predicted octanol–water partition coefficient (Wildman–Crippen LogP) is 6.08. The van der Waals surface area contributed by atoms with E-state index in [9.17, 15) is 4.39 Å². The third-order valence-electron chi connectivity index (χ3n) is 3.03. The van der Waals surface area contributed by atoms with Crippen LogP contribution in [0.2, 0.25) is 5.02 Å². The Hall–Kier alpha value is -0.620. The lowest BCUT2D eigenvalue weighted by Gasteiger charge is -2.10. The lowest BCUT2D eigenvalue weighted by atomic mass is 10.2. The Bertz CT molecular complexity index is 849. The van der Waals surface area contributed by atoms with Gasteiger partial charge in [-0.05, 0) is 40.2 Å². The van der Waals surface area contributed by atoms with Gasteiger partial charge in [0.2, 0.25) is 0 Å². The second-order valence-corrected chi connectivity index (χ2v) is 6.79. The van der Waals surface area contributed by atoms with Crippen LogP contribution in [0.4, 0.5) is 4.39 Å². The molecule has 3 rings (SSSR count). The molecule has 0 radical (unpaired) electrons. The van der Waals surface area contributed by atoms with Gasteiger partial charge in [0.25, 0.3) is 0 Å². The van der Waals surface area contributed by atoms with Crippen LogP contribution in [0.25, 0.3) is 16.7 Å². The first-order chi connectivity index (χ1) is 10.0. The third kappa shape index (κ3) is 2.72. The van der Waals surface area contributed by atoms with Gasteiger partial charge in [-0.1, -0.05) is 27.5 Å². The first-order valence-electron chi connectivity index (χ1n) is 5.89. The van der Waals surface area contributed by atoms with Crippen LogP contribution in [0, 0.1) is 5.82 Å². The zero-order chi connectivity index (χ0) is 15.1. The quantitative estimate of drug-likeness (QED) is 0.431. The number of rotatable bonds is 2. The van der Waals surface area contributed by atoms with Gasteiger partial charge in [-0.2, -0.15) is 0 Å². The van der Waals surface area contributed by atoms with E-state index in [1.807, 2.05) is 12.1 Å². The van der Waals surface area contributed by atoms with Gasteiger partial charge in [0, 0.05) is 10.5 Å². The Morgan fingerprint density at radius 2 is 1.95 bits per heavy atom. The minimum Gasteiger partial charge on any atom is -0.294 e. The molecule has 0 bridgehead atoms. The summed E-state index contributed by atoms with van der Waals surface area (Å²) in [5, 5.41) is 0.534. The van der Waals surface area contributed by atoms with Crippen molar-refractivity contribution in [2.75, 3.05) is 0 Å². The van der Waals surface area contributed by atoms with Crippen LogP contribution in [0.15, 0.2) is 39.3 Å². The number of imidazole rings is 1. The molecule has 0 aliphatic rings. The highest BCUT2D eigenvalue weighted by Gasteiger charge is 2.16. The summed E-state index contributed by atoms with van der Waals surface area (Å²) in [5.41, 5.74) is 1.97. The lowest BCUT2D eigenvalue weighted by Crippen LogP contribution is -2.00. The Morgan fingerprint density at radius 1 is 1.19 bits per heavy atom. The maximum Gasteiger partial charge on any atom is 0.139 e. The minimum absolute atomic E-state index is 0.191. The topological polar surface area (TPSA) is 17.8 Å². The van der Waals surface area contributed by atoms with Crippen molar-refractivity contribution < 1.29 is 4.39 Å². The number of alkyl halides is 1. The number of aromatic nitrogens is 2. The number of hydrogen-bond donors (Lipinski definition) is 0. The molecule has 0 fully saturated rings. The third-order valence-corrected chi connectivity index (χ3v) is 4.69. The van der Waals surface area contributed by atoms with Crippen LogP contribution >= 0.6 is 55.1 Å². The average Bonchev–Trinajstić information content (AvgIpc) is 2.79. The first-order valence-corrected chi connectivity index (χ1v) is 8.39. The van der Waals surface area contributed by atoms with E-state index in [0.29, 0.717) is 32.0 Å². The fourth-order valence-corrected chi connectivity index (χ4v) is 3.20. The summed E-state index contributed by atoms with van der Waals surface area (Å²) in [6.07, 6.45) is 0. The van der Waals surface area contributed by atoms with E-state index in [2.05, 4.69) is 36.8 Å². The first kappa shape index (κ1) is 15.3. The number of hydrogen-bond acceptors (Lipinski definition) is 1. The summed E-state index contributed by atoms with van der Waals surface area (Å²) in [4.78, 5) is 4.44. The highest BCUT2D eigenvalue weighted by Crippen LogP contribution is 2.32. The number of halogens is 5. The second-order valence-electron chi connectivity index (χ2n) is 4.35. The largest absolute Gasteiger partial charge is 0.294 e. The molecule has 2 aromatic carbocycles. The number of benzene rings is 2. The number of nitrogens with zero attached hydrogens (tertiary/aromatic N) is 2. The van der Waals surface area contributed by atoms with Crippen molar-refractivity contribution in [2.24, 2.45) is 0 Å². The summed E-state index contributed by atoms with van der Waals surface area (Å²) < 4.78 is 16.9. The van der Waals surface area contributed by atoms with Crippen LogP contribution in [0.5, 0.6) is 0 Å². The van der Waals surface area contributed by atoms with E-state index >= 15 is 0 Å². The van der Waals surface area contributed by atoms with Crippen molar-refractivity contribution in [3.63, 3.8) is 0 Å². The lowest BCUT2D eigenvalue weighted by molar-refractivity contribution is 0.622. The van der Waals surface area contributed by atoms with E-state index in [0.717, 1.165) is 4.47 Å². The number of fused-ring (bicyclic) bond motifs is 1. The highest BCUT2D eigenvalue weighted by molar-refractivity contribution is 9.10. The summed E-state index contributed by atoms with van der Waals surface area (Å²) in [5.74, 6) is 0.427. The summed E-state index contributed by atoms with van der Waals surface area (Å²) in [6, 6.07) is 8.49. The molecule has 2 nitrogen and oxygen atoms in total. The van der Waals surface area contributed by atoms with Gasteiger partial charge in [-0.3, -0.25) is 4.57 Å². The van der Waals surface area contributed by atoms with Crippen molar-refractivity contribution >= 4 is 66.1 Å². The van der Waals surface area contributed by atoms with Gasteiger partial charge in [-0.25, -0.2) is 9.37 Å². The van der Waals surface area contributed by atoms with Gasteiger partial charge in [-0.15, -0.1) is 11.6 Å². The predicted molar refractivity (Wildman–Crippen MR) is 91.0 cm³/mol. The molecule has 0 amide bonds. The fourth-order valence-electron chi connectivity index (χ4n) is 2.14. The molecule has 0 spiro atoms. The monoisotopic (exact) mass is 450 g/mol. The Morgan fingerprint density at radius 3 is 2.67 bits per heavy atom. The molecular weight excluding hydrogens is 446 g/mol. The molecule has 0 N–H and O–H groups in total. The van der Waals surface area contributed by atoms with Gasteiger partial charge in [0.1, 0.15) is 11.6 Å². The molecule has 0 aliphatic carbocycles. The van der Waals surface area contributed by atoms with E-state index in [-0.39, 0.29) is 11.7 Å². The Balaban J connectivity index is 2.40. The van der Waals surface area contributed by atoms with Crippen molar-refractivity contribution in [1.82, 2.24) is 9.55 Å². The minimum atomic E-state index is -0.365.